The van der Waals surface area contributed by atoms with Gasteiger partial charge in [-0.05, 0) is 5.56 Å². The highest BCUT2D eigenvalue weighted by atomic mass is 35.5. The van der Waals surface area contributed by atoms with Gasteiger partial charge in [0.1, 0.15) is 5.88 Å². The molecule has 86 valence electrons. The minimum Gasteiger partial charge on any atom is -0.872 e. The molecule has 6 nitrogen and oxygen atoms in total. The molecule has 1 N–H and O–H groups in total. The van der Waals surface area contributed by atoms with Crippen molar-refractivity contribution in [2.75, 3.05) is 5.88 Å². The van der Waals surface area contributed by atoms with E-state index < -0.39 is 10.8 Å². The summed E-state index contributed by atoms with van der Waals surface area (Å²) in [5.41, 5.74) is -0.0256. The first kappa shape index (κ1) is 12.3. The van der Waals surface area contributed by atoms with Crippen LogP contribution in [0.5, 0.6) is 5.75 Å². The number of alkyl halides is 1. The van der Waals surface area contributed by atoms with Crippen LogP contribution in [0.25, 0.3) is 0 Å². The largest absolute Gasteiger partial charge is 0.872 e. The van der Waals surface area contributed by atoms with Crippen LogP contribution >= 0.6 is 11.6 Å². The number of non-ortho nitro benzene ring substituents is 1. The quantitative estimate of drug-likeness (QED) is 0.474. The van der Waals surface area contributed by atoms with Gasteiger partial charge >= 0.3 is 0 Å². The lowest BCUT2D eigenvalue weighted by Crippen LogP contribution is -2.24. The summed E-state index contributed by atoms with van der Waals surface area (Å²) in [6.07, 6.45) is 0. The van der Waals surface area contributed by atoms with Crippen molar-refractivity contribution in [2.24, 2.45) is 0 Å². The van der Waals surface area contributed by atoms with Gasteiger partial charge in [0.2, 0.25) is 5.91 Å². The molecule has 0 atom stereocenters. The molecule has 0 spiro atoms. The Hall–Kier alpha value is -1.82. The van der Waals surface area contributed by atoms with E-state index in [0.29, 0.717) is 0 Å². The first-order chi connectivity index (χ1) is 7.54. The van der Waals surface area contributed by atoms with Crippen LogP contribution in [-0.4, -0.2) is 16.7 Å². The molecule has 1 amide bonds. The van der Waals surface area contributed by atoms with Gasteiger partial charge < -0.3 is 10.4 Å². The number of nitrogens with one attached hydrogen (secondary N) is 1. The summed E-state index contributed by atoms with van der Waals surface area (Å²) in [6, 6.07) is 3.35. The number of halogens is 1. The fraction of sp³-hybridized carbons (Fsp3) is 0.222. The van der Waals surface area contributed by atoms with Crippen LogP contribution in [-0.2, 0) is 11.3 Å². The lowest BCUT2D eigenvalue weighted by Gasteiger charge is -2.12. The number of nitro groups is 1. The molecule has 1 aromatic rings. The Morgan fingerprint density at radius 3 is 2.75 bits per heavy atom. The predicted octanol–water partition coefficient (Wildman–Crippen LogP) is 0.523. The molecule has 0 saturated heterocycles. The lowest BCUT2D eigenvalue weighted by molar-refractivity contribution is -0.385. The molecule has 16 heavy (non-hydrogen) atoms. The zero-order valence-electron chi connectivity index (χ0n) is 8.10. The maximum absolute atomic E-state index is 11.3. The van der Waals surface area contributed by atoms with Crippen molar-refractivity contribution in [3.8, 4) is 5.75 Å². The summed E-state index contributed by atoms with van der Waals surface area (Å²) in [7, 11) is 0. The fourth-order valence-corrected chi connectivity index (χ4v) is 1.15. The summed E-state index contributed by atoms with van der Waals surface area (Å²) in [5.74, 6) is -1.02. The number of hydrogen-bond acceptors (Lipinski definition) is 4. The van der Waals surface area contributed by atoms with E-state index >= 15 is 0 Å². The third-order valence-electron chi connectivity index (χ3n) is 1.85. The zero-order valence-corrected chi connectivity index (χ0v) is 8.86. The molecule has 0 aliphatic carbocycles. The molecular formula is C9H8ClN2O4-. The number of hydrogen-bond donors (Lipinski definition) is 1. The van der Waals surface area contributed by atoms with Gasteiger partial charge in [0.15, 0.2) is 0 Å². The second-order valence-corrected chi connectivity index (χ2v) is 3.23. The molecule has 0 radical (unpaired) electrons. The van der Waals surface area contributed by atoms with Crippen molar-refractivity contribution in [1.29, 1.82) is 0 Å². The highest BCUT2D eigenvalue weighted by Crippen LogP contribution is 2.20. The van der Waals surface area contributed by atoms with E-state index in [0.717, 1.165) is 18.2 Å². The van der Waals surface area contributed by atoms with Crippen LogP contribution in [0.3, 0.4) is 0 Å². The molecule has 1 rings (SSSR count). The summed E-state index contributed by atoms with van der Waals surface area (Å²) in [6.45, 7) is -0.0634. The molecule has 0 bridgehead atoms. The van der Waals surface area contributed by atoms with Gasteiger partial charge in [0, 0.05) is 18.7 Å². The SMILES string of the molecule is O=C(CCl)NCc1cc([N+](=O)[O-])ccc1[O-]. The Morgan fingerprint density at radius 1 is 1.50 bits per heavy atom. The van der Waals surface area contributed by atoms with Crippen LogP contribution in [0.4, 0.5) is 5.69 Å². The number of amides is 1. The zero-order chi connectivity index (χ0) is 12.1. The van der Waals surface area contributed by atoms with Gasteiger partial charge in [-0.25, -0.2) is 0 Å². The van der Waals surface area contributed by atoms with Crippen LogP contribution in [0, 0.1) is 10.1 Å². The normalized spacial score (nSPS) is 9.81. The van der Waals surface area contributed by atoms with Crippen LogP contribution < -0.4 is 10.4 Å². The second-order valence-electron chi connectivity index (χ2n) is 2.96. The monoisotopic (exact) mass is 243 g/mol. The van der Waals surface area contributed by atoms with Gasteiger partial charge in [-0.1, -0.05) is 6.07 Å². The van der Waals surface area contributed by atoms with Crippen LogP contribution in [0.1, 0.15) is 5.56 Å². The summed E-state index contributed by atoms with van der Waals surface area (Å²) >= 11 is 5.24. The fourth-order valence-electron chi connectivity index (χ4n) is 1.06. The highest BCUT2D eigenvalue weighted by Gasteiger charge is 2.07. The maximum Gasteiger partial charge on any atom is 0.269 e. The second kappa shape index (κ2) is 5.32. The Balaban J connectivity index is 2.82. The van der Waals surface area contributed by atoms with Crippen molar-refractivity contribution in [3.63, 3.8) is 0 Å². The van der Waals surface area contributed by atoms with Gasteiger partial charge in [-0.15, -0.1) is 17.4 Å². The van der Waals surface area contributed by atoms with Crippen molar-refractivity contribution < 1.29 is 14.8 Å². The van der Waals surface area contributed by atoms with Gasteiger partial charge in [0.25, 0.3) is 5.69 Å². The number of benzene rings is 1. The van der Waals surface area contributed by atoms with E-state index in [4.69, 9.17) is 11.6 Å². The van der Waals surface area contributed by atoms with E-state index in [-0.39, 0.29) is 29.4 Å². The van der Waals surface area contributed by atoms with E-state index in [2.05, 4.69) is 5.32 Å². The average Bonchev–Trinajstić information content (AvgIpc) is 2.27. The number of carbonyl (C=O) groups excluding carboxylic acids is 1. The highest BCUT2D eigenvalue weighted by molar-refractivity contribution is 6.27. The summed E-state index contributed by atoms with van der Waals surface area (Å²) < 4.78 is 0. The molecule has 7 heteroatoms. The first-order valence-electron chi connectivity index (χ1n) is 4.31. The molecule has 1 aromatic carbocycles. The smallest absolute Gasteiger partial charge is 0.269 e. The minimum absolute atomic E-state index is 0.0634. The number of carbonyl (C=O) groups is 1. The Morgan fingerprint density at radius 2 is 2.19 bits per heavy atom. The third-order valence-corrected chi connectivity index (χ3v) is 2.10. The van der Waals surface area contributed by atoms with Gasteiger partial charge in [-0.3, -0.25) is 14.9 Å². The van der Waals surface area contributed by atoms with Crippen molar-refractivity contribution in [3.05, 3.63) is 33.9 Å². The van der Waals surface area contributed by atoms with Crippen molar-refractivity contribution >= 4 is 23.2 Å². The van der Waals surface area contributed by atoms with Gasteiger partial charge in [-0.2, -0.15) is 0 Å². The summed E-state index contributed by atoms with van der Waals surface area (Å²) in [5, 5.41) is 24.1. The Bertz CT molecular complexity index is 422. The number of nitrogens with zero attached hydrogens (tertiary/aromatic N) is 1. The number of rotatable bonds is 4. The van der Waals surface area contributed by atoms with Crippen molar-refractivity contribution in [1.82, 2.24) is 5.32 Å². The lowest BCUT2D eigenvalue weighted by atomic mass is 10.2. The number of nitro benzene ring substituents is 1. The topological polar surface area (TPSA) is 95.3 Å². The molecule has 0 fully saturated rings. The Labute approximate surface area is 96.0 Å². The molecule has 0 aromatic heterocycles. The minimum atomic E-state index is -0.605. The molecule has 0 aliphatic heterocycles. The molecule has 0 aliphatic rings. The molecule has 0 saturated carbocycles. The Kier molecular flexibility index (Phi) is 4.07. The summed E-state index contributed by atoms with van der Waals surface area (Å²) in [4.78, 5) is 20.7. The first-order valence-corrected chi connectivity index (χ1v) is 4.85. The van der Waals surface area contributed by atoms with E-state index in [1.807, 2.05) is 0 Å². The molecule has 0 unspecified atom stereocenters. The van der Waals surface area contributed by atoms with Gasteiger partial charge in [0.05, 0.1) is 4.92 Å². The molecular weight excluding hydrogens is 236 g/mol. The standard InChI is InChI=1S/C9H9ClN2O4/c10-4-9(14)11-5-6-3-7(12(15)16)1-2-8(6)13/h1-3,13H,4-5H2,(H,11,14)/p-1. The van der Waals surface area contributed by atoms with E-state index in [1.54, 1.807) is 0 Å². The van der Waals surface area contributed by atoms with Crippen molar-refractivity contribution in [2.45, 2.75) is 6.54 Å². The third kappa shape index (κ3) is 3.09. The maximum atomic E-state index is 11.3. The van der Waals surface area contributed by atoms with Crippen LogP contribution in [0.2, 0.25) is 0 Å². The van der Waals surface area contributed by atoms with Crippen LogP contribution in [0.15, 0.2) is 18.2 Å². The van der Waals surface area contributed by atoms with E-state index in [1.165, 1.54) is 0 Å². The average molecular weight is 244 g/mol. The molecule has 0 heterocycles. The van der Waals surface area contributed by atoms with E-state index in [9.17, 15) is 20.0 Å². The predicted molar refractivity (Wildman–Crippen MR) is 55.1 cm³/mol.